The van der Waals surface area contributed by atoms with Gasteiger partial charge in [-0.3, -0.25) is 4.79 Å². The number of anilines is 1. The van der Waals surface area contributed by atoms with Crippen molar-refractivity contribution in [1.29, 1.82) is 0 Å². The number of piperidine rings is 1. The molecule has 2 saturated heterocycles. The third-order valence-electron chi connectivity index (χ3n) is 5.63. The Balaban J connectivity index is 1.32. The van der Waals surface area contributed by atoms with Crippen LogP contribution in [-0.4, -0.2) is 60.0 Å². The van der Waals surface area contributed by atoms with Crippen LogP contribution in [0.1, 0.15) is 25.7 Å². The molecule has 2 aliphatic heterocycles. The SMILES string of the molecule is COc1ccccc1-c1csc(NC(=O)C2CCN(C(=O)N3CCCC3)CC2)n1. The molecule has 0 radical (unpaired) electrons. The van der Waals surface area contributed by atoms with Crippen LogP contribution in [0.15, 0.2) is 29.6 Å². The zero-order valence-corrected chi connectivity index (χ0v) is 17.4. The lowest BCUT2D eigenvalue weighted by atomic mass is 9.96. The summed E-state index contributed by atoms with van der Waals surface area (Å²) < 4.78 is 5.39. The first-order valence-electron chi connectivity index (χ1n) is 10.1. The second kappa shape index (κ2) is 8.82. The summed E-state index contributed by atoms with van der Waals surface area (Å²) in [6, 6.07) is 7.82. The second-order valence-electron chi connectivity index (χ2n) is 7.47. The molecule has 1 N–H and O–H groups in total. The Morgan fingerprint density at radius 1 is 1.10 bits per heavy atom. The van der Waals surface area contributed by atoms with E-state index in [2.05, 4.69) is 10.3 Å². The van der Waals surface area contributed by atoms with E-state index in [-0.39, 0.29) is 17.9 Å². The van der Waals surface area contributed by atoms with Crippen LogP contribution in [-0.2, 0) is 4.79 Å². The number of nitrogens with one attached hydrogen (secondary N) is 1. The summed E-state index contributed by atoms with van der Waals surface area (Å²) in [5.41, 5.74) is 1.69. The number of hydrogen-bond acceptors (Lipinski definition) is 5. The predicted octanol–water partition coefficient (Wildman–Crippen LogP) is 3.69. The predicted molar refractivity (Wildman–Crippen MR) is 113 cm³/mol. The number of thiazole rings is 1. The van der Waals surface area contributed by atoms with Crippen molar-refractivity contribution >= 4 is 28.4 Å². The fraction of sp³-hybridized carbons (Fsp3) is 0.476. The van der Waals surface area contributed by atoms with Crippen molar-refractivity contribution in [2.24, 2.45) is 5.92 Å². The minimum Gasteiger partial charge on any atom is -0.496 e. The van der Waals surface area contributed by atoms with Gasteiger partial charge in [0.05, 0.1) is 12.8 Å². The highest BCUT2D eigenvalue weighted by atomic mass is 32.1. The molecule has 8 heteroatoms. The van der Waals surface area contributed by atoms with Crippen molar-refractivity contribution in [3.05, 3.63) is 29.6 Å². The molecule has 2 fully saturated rings. The summed E-state index contributed by atoms with van der Waals surface area (Å²) >= 11 is 1.41. The second-order valence-corrected chi connectivity index (χ2v) is 8.32. The number of hydrogen-bond donors (Lipinski definition) is 1. The first-order chi connectivity index (χ1) is 14.2. The molecule has 0 unspecified atom stereocenters. The summed E-state index contributed by atoms with van der Waals surface area (Å²) in [4.78, 5) is 33.5. The molecule has 1 aromatic carbocycles. The number of benzene rings is 1. The summed E-state index contributed by atoms with van der Waals surface area (Å²) in [5, 5.41) is 5.46. The Morgan fingerprint density at radius 3 is 2.52 bits per heavy atom. The Labute approximate surface area is 174 Å². The van der Waals surface area contributed by atoms with E-state index in [1.165, 1.54) is 11.3 Å². The van der Waals surface area contributed by atoms with E-state index in [4.69, 9.17) is 4.74 Å². The van der Waals surface area contributed by atoms with E-state index in [0.29, 0.717) is 31.1 Å². The molecule has 3 amide bonds. The molecule has 0 atom stereocenters. The molecule has 0 bridgehead atoms. The van der Waals surface area contributed by atoms with Gasteiger partial charge < -0.3 is 19.9 Å². The largest absolute Gasteiger partial charge is 0.496 e. The van der Waals surface area contributed by atoms with Gasteiger partial charge >= 0.3 is 6.03 Å². The Morgan fingerprint density at radius 2 is 1.79 bits per heavy atom. The molecule has 3 heterocycles. The van der Waals surface area contributed by atoms with Crippen LogP contribution >= 0.6 is 11.3 Å². The number of amides is 3. The number of carbonyl (C=O) groups excluding carboxylic acids is 2. The maximum Gasteiger partial charge on any atom is 0.319 e. The van der Waals surface area contributed by atoms with Crippen LogP contribution in [0.4, 0.5) is 9.93 Å². The number of urea groups is 1. The maximum absolute atomic E-state index is 12.7. The van der Waals surface area contributed by atoms with Gasteiger partial charge in [0, 0.05) is 43.0 Å². The zero-order chi connectivity index (χ0) is 20.2. The van der Waals surface area contributed by atoms with E-state index < -0.39 is 0 Å². The Hall–Kier alpha value is -2.61. The van der Waals surface area contributed by atoms with Gasteiger partial charge in [0.1, 0.15) is 5.75 Å². The first kappa shape index (κ1) is 19.7. The van der Waals surface area contributed by atoms with E-state index in [9.17, 15) is 9.59 Å². The number of methoxy groups -OCH3 is 1. The fourth-order valence-electron chi connectivity index (χ4n) is 3.96. The van der Waals surface area contributed by atoms with E-state index in [0.717, 1.165) is 42.9 Å². The highest BCUT2D eigenvalue weighted by Gasteiger charge is 2.30. The van der Waals surface area contributed by atoms with Gasteiger partial charge in [0.25, 0.3) is 0 Å². The van der Waals surface area contributed by atoms with E-state index in [1.807, 2.05) is 39.4 Å². The van der Waals surface area contributed by atoms with Gasteiger partial charge in [0.2, 0.25) is 5.91 Å². The molecular formula is C21H26N4O3S. The smallest absolute Gasteiger partial charge is 0.319 e. The normalized spacial score (nSPS) is 17.4. The summed E-state index contributed by atoms with van der Waals surface area (Å²) in [6.45, 7) is 2.99. The highest BCUT2D eigenvalue weighted by Crippen LogP contribution is 2.32. The molecule has 4 rings (SSSR count). The van der Waals surface area contributed by atoms with Crippen molar-refractivity contribution in [2.45, 2.75) is 25.7 Å². The Bertz CT molecular complexity index is 870. The lowest BCUT2D eigenvalue weighted by Gasteiger charge is -2.33. The van der Waals surface area contributed by atoms with Crippen LogP contribution < -0.4 is 10.1 Å². The third kappa shape index (κ3) is 4.37. The van der Waals surface area contributed by atoms with Crippen LogP contribution in [0.3, 0.4) is 0 Å². The quantitative estimate of drug-likeness (QED) is 0.828. The molecule has 0 aliphatic carbocycles. The van der Waals surface area contributed by atoms with Crippen molar-refractivity contribution in [2.75, 3.05) is 38.6 Å². The number of aromatic nitrogens is 1. The summed E-state index contributed by atoms with van der Waals surface area (Å²) in [5.74, 6) is 0.654. The standard InChI is InChI=1S/C21H26N4O3S/c1-28-18-7-3-2-6-16(18)17-14-29-20(22-17)23-19(26)15-8-12-25(13-9-15)21(27)24-10-4-5-11-24/h2-3,6-7,14-15H,4-5,8-13H2,1H3,(H,22,23,26). The molecule has 29 heavy (non-hydrogen) atoms. The Kier molecular flexibility index (Phi) is 5.99. The molecule has 154 valence electrons. The number of likely N-dealkylation sites (tertiary alicyclic amines) is 2. The topological polar surface area (TPSA) is 74.8 Å². The van der Waals surface area contributed by atoms with Crippen molar-refractivity contribution in [1.82, 2.24) is 14.8 Å². The van der Waals surface area contributed by atoms with Gasteiger partial charge in [-0.1, -0.05) is 12.1 Å². The number of carbonyl (C=O) groups is 2. The molecule has 1 aromatic heterocycles. The van der Waals surface area contributed by atoms with Crippen molar-refractivity contribution in [3.63, 3.8) is 0 Å². The molecule has 7 nitrogen and oxygen atoms in total. The molecular weight excluding hydrogens is 388 g/mol. The average molecular weight is 415 g/mol. The van der Waals surface area contributed by atoms with Crippen LogP contribution in [0.5, 0.6) is 5.75 Å². The summed E-state index contributed by atoms with van der Waals surface area (Å²) in [7, 11) is 1.63. The number of nitrogens with zero attached hydrogens (tertiary/aromatic N) is 3. The van der Waals surface area contributed by atoms with Crippen LogP contribution in [0, 0.1) is 5.92 Å². The minimum absolute atomic E-state index is 0.0146. The lowest BCUT2D eigenvalue weighted by Crippen LogP contribution is -2.47. The number of rotatable bonds is 4. The third-order valence-corrected chi connectivity index (χ3v) is 6.39. The lowest BCUT2D eigenvalue weighted by molar-refractivity contribution is -0.121. The average Bonchev–Trinajstić information content (AvgIpc) is 3.46. The number of para-hydroxylation sites is 1. The first-order valence-corrected chi connectivity index (χ1v) is 11.0. The van der Waals surface area contributed by atoms with Gasteiger partial charge in [-0.25, -0.2) is 9.78 Å². The zero-order valence-electron chi connectivity index (χ0n) is 16.6. The molecule has 0 spiro atoms. The van der Waals surface area contributed by atoms with Gasteiger partial charge in [0.15, 0.2) is 5.13 Å². The number of ether oxygens (including phenoxy) is 1. The summed E-state index contributed by atoms with van der Waals surface area (Å²) in [6.07, 6.45) is 3.57. The molecule has 2 aromatic rings. The van der Waals surface area contributed by atoms with Gasteiger partial charge in [-0.15, -0.1) is 11.3 Å². The van der Waals surface area contributed by atoms with Gasteiger partial charge in [-0.05, 0) is 37.8 Å². The van der Waals surface area contributed by atoms with Crippen molar-refractivity contribution < 1.29 is 14.3 Å². The minimum atomic E-state index is -0.0868. The van der Waals surface area contributed by atoms with Crippen molar-refractivity contribution in [3.8, 4) is 17.0 Å². The highest BCUT2D eigenvalue weighted by molar-refractivity contribution is 7.14. The monoisotopic (exact) mass is 414 g/mol. The molecule has 2 aliphatic rings. The molecule has 0 saturated carbocycles. The van der Waals surface area contributed by atoms with E-state index in [1.54, 1.807) is 7.11 Å². The van der Waals surface area contributed by atoms with E-state index >= 15 is 0 Å². The van der Waals surface area contributed by atoms with Crippen LogP contribution in [0.25, 0.3) is 11.3 Å². The van der Waals surface area contributed by atoms with Gasteiger partial charge in [-0.2, -0.15) is 0 Å². The fourth-order valence-corrected chi connectivity index (χ4v) is 4.67. The maximum atomic E-state index is 12.7. The van der Waals surface area contributed by atoms with Crippen LogP contribution in [0.2, 0.25) is 0 Å².